The van der Waals surface area contributed by atoms with Gasteiger partial charge in [0.25, 0.3) is 0 Å². The molecule has 0 aromatic heterocycles. The largest absolute Gasteiger partial charge is 0.371 e. The van der Waals surface area contributed by atoms with Gasteiger partial charge < -0.3 is 10.2 Å². The van der Waals surface area contributed by atoms with E-state index in [0.717, 1.165) is 44.2 Å². The summed E-state index contributed by atoms with van der Waals surface area (Å²) in [7, 11) is 0. The molecule has 0 radical (unpaired) electrons. The molecular formula is C14H19FN2. The number of anilines is 1. The second-order valence-corrected chi connectivity index (χ2v) is 5.36. The van der Waals surface area contributed by atoms with Crippen LogP contribution in [-0.4, -0.2) is 26.2 Å². The molecule has 2 unspecified atom stereocenters. The summed E-state index contributed by atoms with van der Waals surface area (Å²) >= 11 is 0. The van der Waals surface area contributed by atoms with Crippen molar-refractivity contribution in [1.29, 1.82) is 0 Å². The highest BCUT2D eigenvalue weighted by atomic mass is 19.1. The van der Waals surface area contributed by atoms with Gasteiger partial charge in [0, 0.05) is 18.8 Å². The molecule has 92 valence electrons. The number of benzene rings is 1. The van der Waals surface area contributed by atoms with Crippen LogP contribution in [0.2, 0.25) is 0 Å². The summed E-state index contributed by atoms with van der Waals surface area (Å²) in [5.41, 5.74) is 2.41. The van der Waals surface area contributed by atoms with Crippen LogP contribution < -0.4 is 10.2 Å². The number of rotatable bonds is 2. The van der Waals surface area contributed by atoms with E-state index in [0.29, 0.717) is 5.92 Å². The van der Waals surface area contributed by atoms with Crippen LogP contribution in [-0.2, 0) is 6.42 Å². The molecule has 1 saturated heterocycles. The third-order valence-electron chi connectivity index (χ3n) is 4.17. The Morgan fingerprint density at radius 2 is 2.29 bits per heavy atom. The van der Waals surface area contributed by atoms with Crippen LogP contribution in [0.25, 0.3) is 0 Å². The van der Waals surface area contributed by atoms with Crippen LogP contribution >= 0.6 is 0 Å². The molecule has 17 heavy (non-hydrogen) atoms. The number of halogens is 1. The van der Waals surface area contributed by atoms with Gasteiger partial charge in [0.15, 0.2) is 0 Å². The number of hydrogen-bond donors (Lipinski definition) is 1. The van der Waals surface area contributed by atoms with E-state index in [2.05, 4.69) is 17.1 Å². The normalized spacial score (nSPS) is 27.5. The van der Waals surface area contributed by atoms with Crippen molar-refractivity contribution < 1.29 is 4.39 Å². The van der Waals surface area contributed by atoms with E-state index < -0.39 is 0 Å². The Morgan fingerprint density at radius 3 is 3.06 bits per heavy atom. The number of hydrogen-bond acceptors (Lipinski definition) is 2. The van der Waals surface area contributed by atoms with E-state index in [9.17, 15) is 4.39 Å². The predicted octanol–water partition coefficient (Wildman–Crippen LogP) is 2.04. The highest BCUT2D eigenvalue weighted by Crippen LogP contribution is 2.30. The molecule has 2 heterocycles. The van der Waals surface area contributed by atoms with Gasteiger partial charge >= 0.3 is 0 Å². The fraction of sp³-hybridized carbons (Fsp3) is 0.571. The van der Waals surface area contributed by atoms with Crippen LogP contribution in [0.4, 0.5) is 10.1 Å². The average molecular weight is 234 g/mol. The first-order valence-corrected chi connectivity index (χ1v) is 6.48. The molecule has 1 aromatic rings. The minimum atomic E-state index is -0.117. The third-order valence-corrected chi connectivity index (χ3v) is 4.17. The summed E-state index contributed by atoms with van der Waals surface area (Å²) in [5, 5.41) is 3.43. The lowest BCUT2D eigenvalue weighted by Crippen LogP contribution is -2.31. The van der Waals surface area contributed by atoms with Crippen LogP contribution in [0.1, 0.15) is 12.5 Å². The summed E-state index contributed by atoms with van der Waals surface area (Å²) in [6.07, 6.45) is 1.06. The van der Waals surface area contributed by atoms with Crippen molar-refractivity contribution >= 4 is 5.69 Å². The molecule has 2 aliphatic rings. The second kappa shape index (κ2) is 4.30. The van der Waals surface area contributed by atoms with Gasteiger partial charge in [0.1, 0.15) is 5.82 Å². The summed E-state index contributed by atoms with van der Waals surface area (Å²) in [5.74, 6) is 1.31. The minimum absolute atomic E-state index is 0.117. The first kappa shape index (κ1) is 11.0. The first-order chi connectivity index (χ1) is 8.24. The van der Waals surface area contributed by atoms with Gasteiger partial charge in [0.2, 0.25) is 0 Å². The predicted molar refractivity (Wildman–Crippen MR) is 67.8 cm³/mol. The van der Waals surface area contributed by atoms with Crippen LogP contribution in [0.15, 0.2) is 18.2 Å². The Bertz CT molecular complexity index is 419. The maximum Gasteiger partial charge on any atom is 0.125 e. The van der Waals surface area contributed by atoms with Gasteiger partial charge in [-0.05, 0) is 49.0 Å². The first-order valence-electron chi connectivity index (χ1n) is 6.48. The monoisotopic (exact) mass is 234 g/mol. The van der Waals surface area contributed by atoms with Crippen LogP contribution in [0.3, 0.4) is 0 Å². The van der Waals surface area contributed by atoms with Crippen molar-refractivity contribution in [2.24, 2.45) is 11.8 Å². The lowest BCUT2D eigenvalue weighted by atomic mass is 9.97. The van der Waals surface area contributed by atoms with Crippen molar-refractivity contribution in [3.05, 3.63) is 29.6 Å². The molecule has 0 aliphatic carbocycles. The number of nitrogens with zero attached hydrogens (tertiary/aromatic N) is 1. The van der Waals surface area contributed by atoms with Crippen LogP contribution in [0, 0.1) is 17.7 Å². The smallest absolute Gasteiger partial charge is 0.125 e. The van der Waals surface area contributed by atoms with Crippen LogP contribution in [0.5, 0.6) is 0 Å². The van der Waals surface area contributed by atoms with Gasteiger partial charge in [-0.3, -0.25) is 0 Å². The molecule has 3 heteroatoms. The average Bonchev–Trinajstić information content (AvgIpc) is 2.88. The van der Waals surface area contributed by atoms with E-state index in [4.69, 9.17) is 0 Å². The van der Waals surface area contributed by atoms with Crippen molar-refractivity contribution in [1.82, 2.24) is 5.32 Å². The topological polar surface area (TPSA) is 15.3 Å². The standard InChI is InChI=1S/C14H19FN2/c1-10-7-16-8-12(10)9-17-5-4-11-2-3-13(15)6-14(11)17/h2-3,6,10,12,16H,4-5,7-9H2,1H3. The SMILES string of the molecule is CC1CNCC1CN1CCc2ccc(F)cc21. The van der Waals surface area contributed by atoms with E-state index in [1.807, 2.05) is 6.07 Å². The lowest BCUT2D eigenvalue weighted by Gasteiger charge is -2.25. The quantitative estimate of drug-likeness (QED) is 0.842. The van der Waals surface area contributed by atoms with E-state index >= 15 is 0 Å². The molecule has 2 nitrogen and oxygen atoms in total. The van der Waals surface area contributed by atoms with Crippen molar-refractivity contribution in [2.75, 3.05) is 31.1 Å². The van der Waals surface area contributed by atoms with Crippen molar-refractivity contribution in [3.8, 4) is 0 Å². The minimum Gasteiger partial charge on any atom is -0.371 e. The van der Waals surface area contributed by atoms with Gasteiger partial charge in [-0.15, -0.1) is 0 Å². The van der Waals surface area contributed by atoms with E-state index in [1.54, 1.807) is 12.1 Å². The summed E-state index contributed by atoms with van der Waals surface area (Å²) < 4.78 is 13.3. The molecule has 0 saturated carbocycles. The lowest BCUT2D eigenvalue weighted by molar-refractivity contribution is 0.450. The van der Waals surface area contributed by atoms with Gasteiger partial charge in [-0.25, -0.2) is 4.39 Å². The maximum absolute atomic E-state index is 13.3. The Kier molecular flexibility index (Phi) is 2.79. The third kappa shape index (κ3) is 2.04. The fourth-order valence-electron chi connectivity index (χ4n) is 3.00. The van der Waals surface area contributed by atoms with Gasteiger partial charge in [-0.1, -0.05) is 13.0 Å². The number of fused-ring (bicyclic) bond motifs is 1. The zero-order valence-corrected chi connectivity index (χ0v) is 10.2. The molecule has 0 amide bonds. The molecule has 1 fully saturated rings. The molecule has 2 aliphatic heterocycles. The fourth-order valence-corrected chi connectivity index (χ4v) is 3.00. The van der Waals surface area contributed by atoms with Gasteiger partial charge in [0.05, 0.1) is 0 Å². The molecule has 0 bridgehead atoms. The Labute approximate surface area is 102 Å². The number of nitrogens with one attached hydrogen (secondary N) is 1. The molecule has 3 rings (SSSR count). The van der Waals surface area contributed by atoms with Gasteiger partial charge in [-0.2, -0.15) is 0 Å². The highest BCUT2D eigenvalue weighted by molar-refractivity contribution is 5.58. The summed E-state index contributed by atoms with van der Waals surface area (Å²) in [6, 6.07) is 5.19. The van der Waals surface area contributed by atoms with Crippen molar-refractivity contribution in [2.45, 2.75) is 13.3 Å². The maximum atomic E-state index is 13.3. The molecule has 1 N–H and O–H groups in total. The zero-order valence-electron chi connectivity index (χ0n) is 10.2. The molecule has 2 atom stereocenters. The van der Waals surface area contributed by atoms with E-state index in [-0.39, 0.29) is 5.82 Å². The Morgan fingerprint density at radius 1 is 1.41 bits per heavy atom. The van der Waals surface area contributed by atoms with E-state index in [1.165, 1.54) is 5.56 Å². The molecule has 1 aromatic carbocycles. The zero-order chi connectivity index (χ0) is 11.8. The Balaban J connectivity index is 1.76. The van der Waals surface area contributed by atoms with Crippen molar-refractivity contribution in [3.63, 3.8) is 0 Å². The second-order valence-electron chi connectivity index (χ2n) is 5.36. The highest BCUT2D eigenvalue weighted by Gasteiger charge is 2.28. The summed E-state index contributed by atoms with van der Waals surface area (Å²) in [6.45, 7) is 6.62. The summed E-state index contributed by atoms with van der Waals surface area (Å²) in [4.78, 5) is 2.35. The molecular weight excluding hydrogens is 215 g/mol. The Hall–Kier alpha value is -1.09. The molecule has 0 spiro atoms.